The van der Waals surface area contributed by atoms with Crippen LogP contribution in [-0.4, -0.2) is 14.8 Å². The maximum Gasteiger partial charge on any atom is 0.150 e. The van der Waals surface area contributed by atoms with E-state index < -0.39 is 0 Å². The first-order valence-electron chi connectivity index (χ1n) is 7.26. The van der Waals surface area contributed by atoms with E-state index in [-0.39, 0.29) is 6.04 Å². The van der Waals surface area contributed by atoms with Gasteiger partial charge in [0.2, 0.25) is 0 Å². The van der Waals surface area contributed by atoms with Crippen LogP contribution < -0.4 is 5.73 Å². The molecule has 0 radical (unpaired) electrons. The summed E-state index contributed by atoms with van der Waals surface area (Å²) < 4.78 is 2.31. The van der Waals surface area contributed by atoms with Crippen LogP contribution in [0.25, 0.3) is 0 Å². The number of rotatable bonds is 4. The molecule has 1 aliphatic carbocycles. The quantitative estimate of drug-likeness (QED) is 0.893. The van der Waals surface area contributed by atoms with Crippen molar-refractivity contribution in [3.05, 3.63) is 11.6 Å². The van der Waals surface area contributed by atoms with Crippen LogP contribution in [0.3, 0.4) is 0 Å². The van der Waals surface area contributed by atoms with Crippen molar-refractivity contribution in [3.63, 3.8) is 0 Å². The van der Waals surface area contributed by atoms with Crippen LogP contribution in [0.1, 0.15) is 76.1 Å². The fourth-order valence-corrected chi connectivity index (χ4v) is 3.04. The van der Waals surface area contributed by atoms with E-state index in [0.29, 0.717) is 12.0 Å². The van der Waals surface area contributed by atoms with E-state index in [4.69, 9.17) is 5.73 Å². The third-order valence-corrected chi connectivity index (χ3v) is 3.89. The van der Waals surface area contributed by atoms with Crippen LogP contribution in [0.4, 0.5) is 0 Å². The molecule has 1 aromatic heterocycles. The van der Waals surface area contributed by atoms with Crippen molar-refractivity contribution < 1.29 is 0 Å². The molecule has 1 saturated carbocycles. The van der Waals surface area contributed by atoms with Crippen molar-refractivity contribution in [2.75, 3.05) is 0 Å². The fraction of sp³-hybridized carbons (Fsp3) is 0.857. The first kappa shape index (κ1) is 13.5. The molecule has 0 aromatic carbocycles. The van der Waals surface area contributed by atoms with Crippen molar-refractivity contribution >= 4 is 0 Å². The maximum atomic E-state index is 6.29. The Labute approximate surface area is 110 Å². The number of aryl methyl sites for hydroxylation is 1. The van der Waals surface area contributed by atoms with E-state index in [0.717, 1.165) is 18.1 Å². The smallest absolute Gasteiger partial charge is 0.150 e. The predicted octanol–water partition coefficient (Wildman–Crippen LogP) is 3.14. The Kier molecular flexibility index (Phi) is 4.38. The SMILES string of the molecule is Cc1nnc([C@H](N)CC(C)C)n1C1CCCCC1. The minimum atomic E-state index is 0.0214. The summed E-state index contributed by atoms with van der Waals surface area (Å²) in [4.78, 5) is 0. The Morgan fingerprint density at radius 3 is 2.50 bits per heavy atom. The van der Waals surface area contributed by atoms with Gasteiger partial charge in [0.15, 0.2) is 0 Å². The molecule has 1 fully saturated rings. The number of hydrogen-bond acceptors (Lipinski definition) is 3. The van der Waals surface area contributed by atoms with Crippen LogP contribution in [0, 0.1) is 12.8 Å². The van der Waals surface area contributed by atoms with Gasteiger partial charge in [-0.1, -0.05) is 33.1 Å². The second kappa shape index (κ2) is 5.83. The van der Waals surface area contributed by atoms with Gasteiger partial charge in [-0.15, -0.1) is 10.2 Å². The second-order valence-corrected chi connectivity index (χ2v) is 6.00. The van der Waals surface area contributed by atoms with E-state index in [1.807, 2.05) is 6.92 Å². The van der Waals surface area contributed by atoms with Gasteiger partial charge in [0.1, 0.15) is 11.6 Å². The van der Waals surface area contributed by atoms with Gasteiger partial charge in [-0.2, -0.15) is 0 Å². The summed E-state index contributed by atoms with van der Waals surface area (Å²) in [6.45, 7) is 6.45. The van der Waals surface area contributed by atoms with Crippen LogP contribution in [-0.2, 0) is 0 Å². The van der Waals surface area contributed by atoms with Gasteiger partial charge in [-0.05, 0) is 32.1 Å². The summed E-state index contributed by atoms with van der Waals surface area (Å²) in [6, 6.07) is 0.593. The Hall–Kier alpha value is -0.900. The normalized spacial score (nSPS) is 19.4. The van der Waals surface area contributed by atoms with Crippen molar-refractivity contribution in [3.8, 4) is 0 Å². The molecular formula is C14H26N4. The first-order chi connectivity index (χ1) is 8.59. The highest BCUT2D eigenvalue weighted by molar-refractivity contribution is 5.02. The molecule has 1 atom stereocenters. The number of nitrogens with zero attached hydrogens (tertiary/aromatic N) is 3. The number of aromatic nitrogens is 3. The highest BCUT2D eigenvalue weighted by Gasteiger charge is 2.24. The van der Waals surface area contributed by atoms with Crippen molar-refractivity contribution in [2.45, 2.75) is 71.4 Å². The molecule has 18 heavy (non-hydrogen) atoms. The van der Waals surface area contributed by atoms with Crippen LogP contribution in [0.15, 0.2) is 0 Å². The lowest BCUT2D eigenvalue weighted by Gasteiger charge is -2.27. The molecule has 102 valence electrons. The topological polar surface area (TPSA) is 56.7 Å². The summed E-state index contributed by atoms with van der Waals surface area (Å²) in [5.41, 5.74) is 6.29. The highest BCUT2D eigenvalue weighted by Crippen LogP contribution is 2.31. The molecule has 2 rings (SSSR count). The third kappa shape index (κ3) is 2.91. The molecule has 1 heterocycles. The number of hydrogen-bond donors (Lipinski definition) is 1. The highest BCUT2D eigenvalue weighted by atomic mass is 15.3. The molecule has 2 N–H and O–H groups in total. The van der Waals surface area contributed by atoms with Gasteiger partial charge in [0.25, 0.3) is 0 Å². The van der Waals surface area contributed by atoms with Crippen molar-refractivity contribution in [2.24, 2.45) is 11.7 Å². The third-order valence-electron chi connectivity index (χ3n) is 3.89. The lowest BCUT2D eigenvalue weighted by atomic mass is 9.94. The Bertz CT molecular complexity index is 377. The zero-order valence-corrected chi connectivity index (χ0v) is 11.9. The Morgan fingerprint density at radius 2 is 1.89 bits per heavy atom. The zero-order valence-electron chi connectivity index (χ0n) is 11.9. The predicted molar refractivity (Wildman–Crippen MR) is 73.3 cm³/mol. The molecule has 0 aliphatic heterocycles. The van der Waals surface area contributed by atoms with E-state index in [1.165, 1.54) is 32.1 Å². The molecule has 0 amide bonds. The van der Waals surface area contributed by atoms with E-state index in [2.05, 4.69) is 28.6 Å². The summed E-state index contributed by atoms with van der Waals surface area (Å²) in [5.74, 6) is 2.61. The number of nitrogens with two attached hydrogens (primary N) is 1. The molecule has 1 aliphatic rings. The van der Waals surface area contributed by atoms with Gasteiger partial charge < -0.3 is 10.3 Å². The van der Waals surface area contributed by atoms with E-state index in [1.54, 1.807) is 0 Å². The summed E-state index contributed by atoms with van der Waals surface area (Å²) in [5, 5.41) is 8.58. The Balaban J connectivity index is 2.20. The minimum Gasteiger partial charge on any atom is -0.321 e. The Morgan fingerprint density at radius 1 is 1.22 bits per heavy atom. The molecular weight excluding hydrogens is 224 g/mol. The van der Waals surface area contributed by atoms with Gasteiger partial charge in [0, 0.05) is 6.04 Å². The average Bonchev–Trinajstić information content (AvgIpc) is 2.71. The largest absolute Gasteiger partial charge is 0.321 e. The van der Waals surface area contributed by atoms with Gasteiger partial charge in [-0.25, -0.2) is 0 Å². The fourth-order valence-electron chi connectivity index (χ4n) is 3.04. The zero-order chi connectivity index (χ0) is 13.1. The standard InChI is InChI=1S/C14H26N4/c1-10(2)9-13(15)14-17-16-11(3)18(14)12-7-5-4-6-8-12/h10,12-13H,4-9,15H2,1-3H3/t13-/m1/s1. The monoisotopic (exact) mass is 250 g/mol. The van der Waals surface area contributed by atoms with E-state index >= 15 is 0 Å². The molecule has 4 nitrogen and oxygen atoms in total. The molecule has 0 bridgehead atoms. The molecule has 0 spiro atoms. The maximum absolute atomic E-state index is 6.29. The lowest BCUT2D eigenvalue weighted by Crippen LogP contribution is -2.23. The first-order valence-corrected chi connectivity index (χ1v) is 7.26. The molecule has 4 heteroatoms. The second-order valence-electron chi connectivity index (χ2n) is 6.00. The average molecular weight is 250 g/mol. The van der Waals surface area contributed by atoms with Crippen molar-refractivity contribution in [1.82, 2.24) is 14.8 Å². The molecule has 1 aromatic rings. The molecule has 0 saturated heterocycles. The van der Waals surface area contributed by atoms with Crippen molar-refractivity contribution in [1.29, 1.82) is 0 Å². The van der Waals surface area contributed by atoms with Gasteiger partial charge in [-0.3, -0.25) is 0 Å². The van der Waals surface area contributed by atoms with Gasteiger partial charge in [0.05, 0.1) is 6.04 Å². The summed E-state index contributed by atoms with van der Waals surface area (Å²) >= 11 is 0. The van der Waals surface area contributed by atoms with Gasteiger partial charge >= 0.3 is 0 Å². The summed E-state index contributed by atoms with van der Waals surface area (Å²) in [7, 11) is 0. The van der Waals surface area contributed by atoms with Crippen LogP contribution in [0.5, 0.6) is 0 Å². The summed E-state index contributed by atoms with van der Waals surface area (Å²) in [6.07, 6.45) is 7.48. The lowest BCUT2D eigenvalue weighted by molar-refractivity contribution is 0.331. The van der Waals surface area contributed by atoms with Crippen LogP contribution in [0.2, 0.25) is 0 Å². The van der Waals surface area contributed by atoms with E-state index in [9.17, 15) is 0 Å². The van der Waals surface area contributed by atoms with Crippen LogP contribution >= 0.6 is 0 Å². The molecule has 0 unspecified atom stereocenters. The minimum absolute atomic E-state index is 0.0214.